The van der Waals surface area contributed by atoms with Gasteiger partial charge in [-0.15, -0.1) is 0 Å². The average molecular weight is 356 g/mol. The first kappa shape index (κ1) is 17.2. The lowest BCUT2D eigenvalue weighted by Gasteiger charge is -2.14. The fourth-order valence-electron chi connectivity index (χ4n) is 2.68. The van der Waals surface area contributed by atoms with E-state index >= 15 is 0 Å². The molecule has 0 radical (unpaired) electrons. The van der Waals surface area contributed by atoms with Crippen molar-refractivity contribution in [3.63, 3.8) is 0 Å². The van der Waals surface area contributed by atoms with Crippen molar-refractivity contribution in [2.45, 2.75) is 6.42 Å². The van der Waals surface area contributed by atoms with Crippen LogP contribution >= 0.6 is 0 Å². The number of rotatable bonds is 6. The van der Waals surface area contributed by atoms with E-state index in [-0.39, 0.29) is 30.0 Å². The summed E-state index contributed by atoms with van der Waals surface area (Å²) in [5, 5.41) is 11.6. The monoisotopic (exact) mass is 356 g/mol. The molecule has 1 aromatic heterocycles. The van der Waals surface area contributed by atoms with E-state index in [0.717, 1.165) is 11.5 Å². The molecule has 0 aliphatic rings. The third-order valence-electron chi connectivity index (χ3n) is 3.84. The first-order valence-electron chi connectivity index (χ1n) is 7.62. The van der Waals surface area contributed by atoms with Crippen LogP contribution in [0, 0.1) is 17.0 Å². The fourth-order valence-corrected chi connectivity index (χ4v) is 2.68. The summed E-state index contributed by atoms with van der Waals surface area (Å²) >= 11 is 0. The fraction of sp³-hybridized carbons (Fsp3) is 0.118. The summed E-state index contributed by atoms with van der Waals surface area (Å²) in [4.78, 5) is 5.62. The zero-order valence-corrected chi connectivity index (χ0v) is 13.5. The van der Waals surface area contributed by atoms with Crippen molar-refractivity contribution in [1.82, 2.24) is 4.98 Å². The number of H-pyrrole nitrogens is 1. The van der Waals surface area contributed by atoms with Gasteiger partial charge in [-0.05, 0) is 36.2 Å². The number of hydrogen-bond acceptors (Lipinski definition) is 3. The molecule has 2 aromatic carbocycles. The quantitative estimate of drug-likeness (QED) is 0.199. The highest BCUT2D eigenvalue weighted by Crippen LogP contribution is 2.35. The highest BCUT2D eigenvalue weighted by molar-refractivity contribution is 5.95. The molecule has 0 saturated heterocycles. The second-order valence-electron chi connectivity index (χ2n) is 5.47. The van der Waals surface area contributed by atoms with Crippen molar-refractivity contribution in [2.75, 3.05) is 6.54 Å². The summed E-state index contributed by atoms with van der Waals surface area (Å²) in [6.45, 7) is 0.124. The molecular weight excluding hydrogens is 342 g/mol. The van der Waals surface area contributed by atoms with Crippen molar-refractivity contribution in [2.24, 2.45) is 10.8 Å². The minimum Gasteiger partial charge on any atom is -0.454 e. The summed E-state index contributed by atoms with van der Waals surface area (Å²) < 4.78 is 33.9. The molecule has 0 aliphatic carbocycles. The molecule has 0 aliphatic heterocycles. The van der Waals surface area contributed by atoms with Crippen LogP contribution in [0.5, 0.6) is 11.5 Å². The van der Waals surface area contributed by atoms with Gasteiger partial charge in [0.1, 0.15) is 17.4 Å². The Bertz CT molecular complexity index is 1040. The molecule has 132 valence electrons. The number of nitrogens with two attached hydrogens (primary N) is 1. The van der Waals surface area contributed by atoms with E-state index < -0.39 is 17.5 Å². The molecule has 0 amide bonds. The second kappa shape index (κ2) is 7.12. The first-order valence-corrected chi connectivity index (χ1v) is 7.62. The number of ether oxygens (including phenoxy) is 1. The predicted octanol–water partition coefficient (Wildman–Crippen LogP) is 4.38. The normalized spacial score (nSPS) is 10.5. The summed E-state index contributed by atoms with van der Waals surface area (Å²) in [7, 11) is 0. The zero-order chi connectivity index (χ0) is 18.7. The number of fused-ring (bicyclic) bond motifs is 1. The summed E-state index contributed by atoms with van der Waals surface area (Å²) in [5.74, 6) is -1.67. The molecule has 26 heavy (non-hydrogen) atoms. The van der Waals surface area contributed by atoms with Crippen LogP contribution in [0.4, 0.5) is 8.78 Å². The van der Waals surface area contributed by atoms with Gasteiger partial charge in [0.15, 0.2) is 11.6 Å². The molecule has 0 fully saturated rings. The molecule has 0 spiro atoms. The molecule has 4 N–H and O–H groups in total. The number of aromatic nitrogens is 1. The lowest BCUT2D eigenvalue weighted by atomic mass is 10.1. The van der Waals surface area contributed by atoms with Crippen LogP contribution in [0.1, 0.15) is 11.1 Å². The topological polar surface area (TPSA) is 124 Å². The smallest absolute Gasteiger partial charge is 0.168 e. The number of nitrogens with zero attached hydrogens (tertiary/aromatic N) is 3. The Morgan fingerprint density at radius 1 is 1.27 bits per heavy atom. The van der Waals surface area contributed by atoms with Gasteiger partial charge in [0.2, 0.25) is 0 Å². The van der Waals surface area contributed by atoms with Crippen LogP contribution in [0.2, 0.25) is 0 Å². The highest BCUT2D eigenvalue weighted by atomic mass is 19.1. The molecule has 3 rings (SSSR count). The molecule has 0 saturated carbocycles. The van der Waals surface area contributed by atoms with Crippen LogP contribution in [0.25, 0.3) is 21.3 Å². The second-order valence-corrected chi connectivity index (χ2v) is 5.47. The third kappa shape index (κ3) is 3.28. The van der Waals surface area contributed by atoms with Crippen molar-refractivity contribution in [3.8, 4) is 11.5 Å². The van der Waals surface area contributed by atoms with Gasteiger partial charge >= 0.3 is 0 Å². The number of azide groups is 1. The van der Waals surface area contributed by atoms with Gasteiger partial charge in [-0.25, -0.2) is 8.78 Å². The Kier molecular flexibility index (Phi) is 4.72. The molecule has 0 bridgehead atoms. The van der Waals surface area contributed by atoms with Gasteiger partial charge < -0.3 is 15.5 Å². The number of halogens is 2. The third-order valence-corrected chi connectivity index (χ3v) is 3.84. The van der Waals surface area contributed by atoms with Crippen molar-refractivity contribution < 1.29 is 13.5 Å². The van der Waals surface area contributed by atoms with Gasteiger partial charge in [0.25, 0.3) is 0 Å². The molecule has 0 atom stereocenters. The molecule has 0 unspecified atom stereocenters. The van der Waals surface area contributed by atoms with E-state index in [2.05, 4.69) is 15.0 Å². The lowest BCUT2D eigenvalue weighted by Crippen LogP contribution is -2.13. The van der Waals surface area contributed by atoms with Crippen LogP contribution in [0.3, 0.4) is 0 Å². The minimum atomic E-state index is -0.671. The van der Waals surface area contributed by atoms with E-state index in [4.69, 9.17) is 21.4 Å². The summed E-state index contributed by atoms with van der Waals surface area (Å²) in [5.41, 5.74) is 14.8. The number of benzene rings is 2. The molecule has 9 heteroatoms. The van der Waals surface area contributed by atoms with Crippen molar-refractivity contribution in [1.29, 1.82) is 5.41 Å². The Labute approximate surface area is 146 Å². The maximum atomic E-state index is 14.6. The van der Waals surface area contributed by atoms with Crippen molar-refractivity contribution in [3.05, 3.63) is 69.7 Å². The van der Waals surface area contributed by atoms with Gasteiger partial charge in [-0.2, -0.15) is 0 Å². The highest BCUT2D eigenvalue weighted by Gasteiger charge is 2.17. The van der Waals surface area contributed by atoms with Gasteiger partial charge in [0, 0.05) is 40.2 Å². The Hall–Kier alpha value is -3.58. The Morgan fingerprint density at radius 3 is 2.81 bits per heavy atom. The summed E-state index contributed by atoms with van der Waals surface area (Å²) in [6.07, 6.45) is 1.92. The van der Waals surface area contributed by atoms with E-state index in [1.165, 1.54) is 18.2 Å². The molecule has 1 heterocycles. The Balaban J connectivity index is 2.07. The van der Waals surface area contributed by atoms with Crippen LogP contribution in [-0.4, -0.2) is 17.4 Å². The molecule has 3 aromatic rings. The number of aromatic amines is 1. The molecule has 7 nitrogen and oxygen atoms in total. The number of nitrogen functional groups attached to an aromatic ring is 1. The van der Waals surface area contributed by atoms with Crippen LogP contribution < -0.4 is 10.5 Å². The average Bonchev–Trinajstić information content (AvgIpc) is 3.06. The van der Waals surface area contributed by atoms with E-state index in [0.29, 0.717) is 11.1 Å². The lowest BCUT2D eigenvalue weighted by molar-refractivity contribution is 0.436. The van der Waals surface area contributed by atoms with E-state index in [1.807, 2.05) is 0 Å². The van der Waals surface area contributed by atoms with Crippen LogP contribution in [0.15, 0.2) is 41.6 Å². The first-order chi connectivity index (χ1) is 12.5. The Morgan fingerprint density at radius 2 is 2.08 bits per heavy atom. The number of amidine groups is 1. The van der Waals surface area contributed by atoms with Crippen LogP contribution in [-0.2, 0) is 6.42 Å². The number of nitrogens with one attached hydrogen (secondary N) is 2. The maximum Gasteiger partial charge on any atom is 0.168 e. The SMILES string of the molecule is [N-]=[N+]=NCCc1c(Oc2ccc(F)c(C(=N)N)c2)c(F)cc2[nH]ccc12. The van der Waals surface area contributed by atoms with E-state index in [9.17, 15) is 8.78 Å². The van der Waals surface area contributed by atoms with E-state index in [1.54, 1.807) is 12.3 Å². The van der Waals surface area contributed by atoms with Crippen molar-refractivity contribution >= 4 is 16.7 Å². The number of hydrogen-bond donors (Lipinski definition) is 3. The molecular formula is C17H14F2N6O. The standard InChI is InChI=1S/C17H14F2N6O/c18-13-2-1-9(7-12(13)17(20)21)26-16-11(4-6-24-25-22)10-3-5-23-15(10)8-14(16)19/h1-3,5,7-8,23H,4,6H2,(H3,20,21). The van der Waals surface area contributed by atoms with Gasteiger partial charge in [-0.3, -0.25) is 5.41 Å². The predicted molar refractivity (Wildman–Crippen MR) is 93.5 cm³/mol. The van der Waals surface area contributed by atoms with Gasteiger partial charge in [0.05, 0.1) is 5.56 Å². The largest absolute Gasteiger partial charge is 0.454 e. The maximum absolute atomic E-state index is 14.6. The summed E-state index contributed by atoms with van der Waals surface area (Å²) in [6, 6.07) is 6.70. The minimum absolute atomic E-state index is 0.0497. The van der Waals surface area contributed by atoms with Gasteiger partial charge in [-0.1, -0.05) is 5.11 Å². The zero-order valence-electron chi connectivity index (χ0n) is 13.5.